The third-order valence-corrected chi connectivity index (χ3v) is 3.30. The van der Waals surface area contributed by atoms with Crippen molar-refractivity contribution in [2.75, 3.05) is 0 Å². The van der Waals surface area contributed by atoms with Crippen LogP contribution in [0.3, 0.4) is 0 Å². The summed E-state index contributed by atoms with van der Waals surface area (Å²) in [5.74, 6) is -2.33. The van der Waals surface area contributed by atoms with Crippen LogP contribution in [0.25, 0.3) is 0 Å². The van der Waals surface area contributed by atoms with Crippen molar-refractivity contribution in [2.24, 2.45) is 11.8 Å². The van der Waals surface area contributed by atoms with E-state index >= 15 is 0 Å². The quantitative estimate of drug-likeness (QED) is 0.434. The molecule has 0 N–H and O–H groups in total. The summed E-state index contributed by atoms with van der Waals surface area (Å²) in [6.07, 6.45) is 0.471. The van der Waals surface area contributed by atoms with Crippen molar-refractivity contribution < 1.29 is 23.9 Å². The van der Waals surface area contributed by atoms with E-state index in [4.69, 9.17) is 16.3 Å². The van der Waals surface area contributed by atoms with Crippen LogP contribution in [0.1, 0.15) is 33.6 Å². The van der Waals surface area contributed by atoms with E-state index in [0.717, 1.165) is 0 Å². The molecule has 18 heavy (non-hydrogen) atoms. The number of hydrogen-bond donors (Lipinski definition) is 0. The molecular weight excluding hydrogens is 260 g/mol. The number of rotatable bonds is 5. The fraction of sp³-hybridized carbons (Fsp3) is 0.750. The van der Waals surface area contributed by atoms with Gasteiger partial charge in [-0.1, -0.05) is 6.92 Å². The lowest BCUT2D eigenvalue weighted by Crippen LogP contribution is -2.23. The molecule has 0 spiro atoms. The van der Waals surface area contributed by atoms with Crippen LogP contribution >= 0.6 is 11.6 Å². The Morgan fingerprint density at radius 1 is 1.44 bits per heavy atom. The first-order valence-electron chi connectivity index (χ1n) is 5.88. The van der Waals surface area contributed by atoms with Gasteiger partial charge in [-0.05, 0) is 13.3 Å². The number of ether oxygens (including phenoxy) is 2. The fourth-order valence-corrected chi connectivity index (χ4v) is 2.44. The van der Waals surface area contributed by atoms with Crippen LogP contribution in [0, 0.1) is 11.8 Å². The molecule has 0 saturated carbocycles. The molecule has 1 heterocycles. The van der Waals surface area contributed by atoms with E-state index in [1.807, 2.05) is 0 Å². The van der Waals surface area contributed by atoms with E-state index in [9.17, 15) is 14.4 Å². The number of carbonyl (C=O) groups is 3. The molecule has 0 aromatic rings. The second-order valence-corrected chi connectivity index (χ2v) is 5.24. The first-order chi connectivity index (χ1) is 8.31. The predicted molar refractivity (Wildman–Crippen MR) is 63.9 cm³/mol. The summed E-state index contributed by atoms with van der Waals surface area (Å²) < 4.78 is 9.49. The maximum Gasteiger partial charge on any atom is 0.317 e. The highest BCUT2D eigenvalue weighted by Crippen LogP contribution is 2.30. The molecule has 1 rings (SSSR count). The van der Waals surface area contributed by atoms with Gasteiger partial charge in [-0.2, -0.15) is 0 Å². The molecule has 6 heteroatoms. The second-order valence-electron chi connectivity index (χ2n) is 4.62. The fourth-order valence-electron chi connectivity index (χ4n) is 2.00. The van der Waals surface area contributed by atoms with Crippen LogP contribution in [0.2, 0.25) is 0 Å². The molecule has 0 bridgehead atoms. The van der Waals surface area contributed by atoms with Crippen LogP contribution < -0.4 is 0 Å². The minimum absolute atomic E-state index is 0.312. The topological polar surface area (TPSA) is 69.7 Å². The molecule has 1 aliphatic heterocycles. The molecule has 1 fully saturated rings. The van der Waals surface area contributed by atoms with Crippen LogP contribution in [0.5, 0.6) is 0 Å². The Morgan fingerprint density at radius 2 is 2.06 bits per heavy atom. The normalized spacial score (nSPS) is 26.7. The zero-order valence-corrected chi connectivity index (χ0v) is 11.4. The van der Waals surface area contributed by atoms with Gasteiger partial charge in [0.2, 0.25) is 0 Å². The van der Waals surface area contributed by atoms with Crippen LogP contribution in [0.15, 0.2) is 0 Å². The molecule has 4 unspecified atom stereocenters. The summed E-state index contributed by atoms with van der Waals surface area (Å²) >= 11 is 6.11. The molecule has 0 aromatic carbocycles. The van der Waals surface area contributed by atoms with E-state index in [1.165, 1.54) is 6.92 Å². The van der Waals surface area contributed by atoms with E-state index in [-0.39, 0.29) is 17.5 Å². The molecular formula is C12H17ClO5. The van der Waals surface area contributed by atoms with E-state index in [0.29, 0.717) is 12.8 Å². The Kier molecular flexibility index (Phi) is 5.14. The lowest BCUT2D eigenvalue weighted by molar-refractivity contribution is -0.154. The van der Waals surface area contributed by atoms with E-state index in [2.05, 4.69) is 4.74 Å². The van der Waals surface area contributed by atoms with Crippen LogP contribution in [-0.2, 0) is 23.9 Å². The number of halogens is 1. The molecule has 102 valence electrons. The summed E-state index contributed by atoms with van der Waals surface area (Å²) in [5.41, 5.74) is 0. The largest absolute Gasteiger partial charge is 0.463 e. The molecule has 5 nitrogen and oxygen atoms in total. The van der Waals surface area contributed by atoms with Crippen molar-refractivity contribution in [2.45, 2.75) is 45.1 Å². The Bertz CT molecular complexity index is 354. The van der Waals surface area contributed by atoms with Crippen molar-refractivity contribution in [3.8, 4) is 0 Å². The summed E-state index contributed by atoms with van der Waals surface area (Å²) in [6.45, 7) is 4.71. The van der Waals surface area contributed by atoms with Gasteiger partial charge in [-0.25, -0.2) is 0 Å². The summed E-state index contributed by atoms with van der Waals surface area (Å²) in [4.78, 5) is 33.3. The van der Waals surface area contributed by atoms with Crippen molar-refractivity contribution in [1.82, 2.24) is 0 Å². The van der Waals surface area contributed by atoms with Crippen molar-refractivity contribution in [3.63, 3.8) is 0 Å². The van der Waals surface area contributed by atoms with Crippen LogP contribution in [-0.4, -0.2) is 29.4 Å². The van der Waals surface area contributed by atoms with Gasteiger partial charge in [0.05, 0.1) is 11.8 Å². The van der Waals surface area contributed by atoms with E-state index in [1.54, 1.807) is 13.8 Å². The monoisotopic (exact) mass is 276 g/mol. The highest BCUT2D eigenvalue weighted by atomic mass is 35.5. The minimum Gasteiger partial charge on any atom is -0.463 e. The van der Waals surface area contributed by atoms with Gasteiger partial charge >= 0.3 is 17.9 Å². The first-order valence-corrected chi connectivity index (χ1v) is 6.31. The minimum atomic E-state index is -0.515. The van der Waals surface area contributed by atoms with Gasteiger partial charge in [0.15, 0.2) is 0 Å². The number of alkyl halides is 1. The lowest BCUT2D eigenvalue weighted by Gasteiger charge is -2.18. The van der Waals surface area contributed by atoms with Gasteiger partial charge in [-0.3, -0.25) is 14.4 Å². The number of hydrogen-bond acceptors (Lipinski definition) is 5. The highest BCUT2D eigenvalue weighted by molar-refractivity contribution is 6.20. The van der Waals surface area contributed by atoms with Gasteiger partial charge in [-0.15, -0.1) is 11.6 Å². The smallest absolute Gasteiger partial charge is 0.317 e. The third-order valence-electron chi connectivity index (χ3n) is 2.94. The van der Waals surface area contributed by atoms with Crippen molar-refractivity contribution in [3.05, 3.63) is 0 Å². The summed E-state index contributed by atoms with van der Waals surface area (Å²) in [7, 11) is 0. The maximum absolute atomic E-state index is 11.4. The summed E-state index contributed by atoms with van der Waals surface area (Å²) in [6, 6.07) is 0. The Labute approximate surface area is 111 Å². The van der Waals surface area contributed by atoms with E-state index < -0.39 is 23.8 Å². The van der Waals surface area contributed by atoms with Gasteiger partial charge in [0.1, 0.15) is 6.10 Å². The zero-order valence-electron chi connectivity index (χ0n) is 10.6. The average Bonchev–Trinajstić information content (AvgIpc) is 2.43. The molecule has 1 saturated heterocycles. The average molecular weight is 277 g/mol. The Morgan fingerprint density at radius 3 is 2.50 bits per heavy atom. The van der Waals surface area contributed by atoms with Crippen LogP contribution in [0.4, 0.5) is 0 Å². The molecule has 0 aromatic heterocycles. The molecule has 4 atom stereocenters. The first kappa shape index (κ1) is 15.0. The lowest BCUT2D eigenvalue weighted by atomic mass is 9.91. The highest BCUT2D eigenvalue weighted by Gasteiger charge is 2.42. The molecule has 0 aliphatic carbocycles. The SMILES string of the molecule is CC(=O)OC(C)CC(Cl)CC1C(=O)OC(=O)C1C. The van der Waals surface area contributed by atoms with Gasteiger partial charge in [0, 0.05) is 18.7 Å². The maximum atomic E-state index is 11.4. The van der Waals surface area contributed by atoms with Gasteiger partial charge in [0.25, 0.3) is 0 Å². The van der Waals surface area contributed by atoms with Gasteiger partial charge < -0.3 is 9.47 Å². The summed E-state index contributed by atoms with van der Waals surface area (Å²) in [5, 5.41) is -0.342. The predicted octanol–water partition coefficient (Wildman–Crippen LogP) is 1.66. The second kappa shape index (κ2) is 6.18. The number of esters is 3. The van der Waals surface area contributed by atoms with Crippen molar-refractivity contribution in [1.29, 1.82) is 0 Å². The standard InChI is InChI=1S/C12H17ClO5/c1-6(17-8(3)14)4-9(13)5-10-7(2)11(15)18-12(10)16/h6-7,9-10H,4-5H2,1-3H3. The number of carbonyl (C=O) groups excluding carboxylic acids is 3. The third kappa shape index (κ3) is 3.98. The number of cyclic esters (lactones) is 2. The molecule has 0 amide bonds. The molecule has 0 radical (unpaired) electrons. The Hall–Kier alpha value is -1.10. The molecule has 1 aliphatic rings. The van der Waals surface area contributed by atoms with Crippen molar-refractivity contribution >= 4 is 29.5 Å². The zero-order chi connectivity index (χ0) is 13.9. The Balaban J connectivity index is 2.45.